The van der Waals surface area contributed by atoms with Crippen LogP contribution in [0, 0.1) is 27.7 Å². The average Bonchev–Trinajstić information content (AvgIpc) is 4.38. The highest BCUT2D eigenvalue weighted by Gasteiger charge is 2.46. The van der Waals surface area contributed by atoms with Gasteiger partial charge >= 0.3 is 0 Å². The number of nitrogens with zero attached hydrogens (tertiary/aromatic N) is 4. The molecule has 2 heterocycles. The summed E-state index contributed by atoms with van der Waals surface area (Å²) in [6.45, 7) is 22.4. The van der Waals surface area contributed by atoms with E-state index in [0.29, 0.717) is 49.3 Å². The number of likely N-dealkylation sites (N-methyl/N-ethyl adjacent to an activating group) is 2. The van der Waals surface area contributed by atoms with Gasteiger partial charge in [-0.2, -0.15) is 0 Å². The summed E-state index contributed by atoms with van der Waals surface area (Å²) in [4.78, 5) is 60.4. The summed E-state index contributed by atoms with van der Waals surface area (Å²) in [5, 5.41) is 0. The fourth-order valence-corrected chi connectivity index (χ4v) is 14.0. The second-order valence-corrected chi connectivity index (χ2v) is 24.9. The molecule has 0 atom stereocenters. The molecule has 10 rings (SSSR count). The molecule has 6 fully saturated rings. The highest BCUT2D eigenvalue weighted by Crippen LogP contribution is 2.45. The molecule has 0 N–H and O–H groups in total. The number of carbonyl (C=O) groups excluding carboxylic acids is 4. The minimum absolute atomic E-state index is 0.184. The third kappa shape index (κ3) is 15.7. The minimum atomic E-state index is -0.230. The molecule has 0 amide bonds. The maximum Gasteiger partial charge on any atom is 0.157 e. The number of aryl methyl sites for hydroxylation is 4. The van der Waals surface area contributed by atoms with Gasteiger partial charge in [0.25, 0.3) is 0 Å². The van der Waals surface area contributed by atoms with Crippen molar-refractivity contribution >= 4 is 23.1 Å². The molecule has 0 aromatic heterocycles. The third-order valence-corrected chi connectivity index (χ3v) is 19.1. The van der Waals surface area contributed by atoms with Gasteiger partial charge in [-0.05, 0) is 154 Å². The van der Waals surface area contributed by atoms with Crippen LogP contribution in [0.1, 0.15) is 174 Å². The van der Waals surface area contributed by atoms with Crippen molar-refractivity contribution in [1.29, 1.82) is 0 Å². The third-order valence-electron chi connectivity index (χ3n) is 19.1. The standard InChI is InChI=1S/C18H25NO2.C18H25NO.C18H27NO.C16H23NO/c1-15-4-6-16(7-5-15)18(8-2-3-9-18)17(20)14-19-10-12-21-13-11-19;1-15-6-8-16(9-7-15)18(10-2-3-11-18)17(20)14-19-12-4-5-13-19;1-4-19(5-2)14-17(20)18(12-6-7-13-18)16-10-8-15(3)9-11-16;1-13-6-8-14(9-7-13)16(10-4-5-11-16)15(18)12-17(2)3/h4-7H,2-3,8-14H2,1H3;6-9H,2-5,10-14H2,1H3;8-11H,4-7,12-14H2,1-3H3;6-9H,4-5,10-12H2,1-3H3. The smallest absolute Gasteiger partial charge is 0.157 e. The van der Waals surface area contributed by atoms with Crippen LogP contribution < -0.4 is 0 Å². The van der Waals surface area contributed by atoms with Gasteiger partial charge in [-0.25, -0.2) is 0 Å². The fourth-order valence-electron chi connectivity index (χ4n) is 14.0. The Bertz CT molecular complexity index is 2430. The number of ketones is 4. The Hall–Kier alpha value is -4.64. The largest absolute Gasteiger partial charge is 0.379 e. The van der Waals surface area contributed by atoms with Crippen LogP contribution >= 0.6 is 0 Å². The van der Waals surface area contributed by atoms with E-state index in [4.69, 9.17) is 4.74 Å². The minimum Gasteiger partial charge on any atom is -0.379 e. The number of hydrogen-bond acceptors (Lipinski definition) is 9. The van der Waals surface area contributed by atoms with Crippen LogP contribution in [0.3, 0.4) is 0 Å². The van der Waals surface area contributed by atoms with Crippen molar-refractivity contribution < 1.29 is 23.9 Å². The number of likely N-dealkylation sites (tertiary alicyclic amines) is 1. The van der Waals surface area contributed by atoms with E-state index in [-0.39, 0.29) is 21.7 Å². The average molecular weight is 1080 g/mol. The van der Waals surface area contributed by atoms with E-state index < -0.39 is 0 Å². The lowest BCUT2D eigenvalue weighted by molar-refractivity contribution is -0.127. The lowest BCUT2D eigenvalue weighted by Crippen LogP contribution is -2.45. The molecule has 0 unspecified atom stereocenters. The first-order valence-corrected chi connectivity index (χ1v) is 30.9. The van der Waals surface area contributed by atoms with Gasteiger partial charge in [0.1, 0.15) is 0 Å². The Morgan fingerprint density at radius 2 is 0.658 bits per heavy atom. The lowest BCUT2D eigenvalue weighted by Gasteiger charge is -2.33. The Balaban J connectivity index is 0.000000153. The van der Waals surface area contributed by atoms with Crippen molar-refractivity contribution in [2.45, 2.75) is 179 Å². The molecule has 9 heteroatoms. The maximum absolute atomic E-state index is 13.0. The second-order valence-electron chi connectivity index (χ2n) is 24.9. The normalized spacial score (nSPS) is 20.2. The summed E-state index contributed by atoms with van der Waals surface area (Å²) in [5.74, 6) is 1.67. The van der Waals surface area contributed by atoms with Crippen molar-refractivity contribution in [2.24, 2.45) is 0 Å². The molecule has 4 aliphatic carbocycles. The summed E-state index contributed by atoms with van der Waals surface area (Å²) >= 11 is 0. The molecule has 0 radical (unpaired) electrons. The lowest BCUT2D eigenvalue weighted by atomic mass is 9.75. The molecule has 9 nitrogen and oxygen atoms in total. The van der Waals surface area contributed by atoms with Crippen LogP contribution in [0.4, 0.5) is 0 Å². The number of rotatable bonds is 18. The van der Waals surface area contributed by atoms with E-state index >= 15 is 0 Å². The number of hydrogen-bond donors (Lipinski definition) is 0. The van der Waals surface area contributed by atoms with Gasteiger partial charge in [0.2, 0.25) is 0 Å². The fraction of sp³-hybridized carbons (Fsp3) is 0.600. The van der Waals surface area contributed by atoms with Crippen molar-refractivity contribution in [3.05, 3.63) is 142 Å². The zero-order chi connectivity index (χ0) is 56.5. The summed E-state index contributed by atoms with van der Waals surface area (Å²) in [6, 6.07) is 34.4. The topological polar surface area (TPSA) is 90.5 Å². The molecule has 430 valence electrons. The van der Waals surface area contributed by atoms with Gasteiger partial charge in [0.15, 0.2) is 23.1 Å². The highest BCUT2D eigenvalue weighted by molar-refractivity contribution is 5.94. The molecule has 4 aromatic rings. The summed E-state index contributed by atoms with van der Waals surface area (Å²) in [6.07, 6.45) is 20.1. The predicted molar refractivity (Wildman–Crippen MR) is 325 cm³/mol. The van der Waals surface area contributed by atoms with E-state index in [1.165, 1.54) is 109 Å². The van der Waals surface area contributed by atoms with Gasteiger partial charge in [-0.1, -0.05) is 185 Å². The highest BCUT2D eigenvalue weighted by atomic mass is 16.5. The molecule has 4 saturated carbocycles. The zero-order valence-electron chi connectivity index (χ0n) is 50.3. The Morgan fingerprint density at radius 3 is 0.937 bits per heavy atom. The van der Waals surface area contributed by atoms with Gasteiger partial charge in [-0.3, -0.25) is 33.9 Å². The summed E-state index contributed by atoms with van der Waals surface area (Å²) in [7, 11) is 3.94. The van der Waals surface area contributed by atoms with E-state index in [0.717, 1.165) is 104 Å². The molecule has 6 aliphatic rings. The van der Waals surface area contributed by atoms with E-state index in [1.807, 2.05) is 19.0 Å². The quantitative estimate of drug-likeness (QED) is 0.0966. The van der Waals surface area contributed by atoms with E-state index in [1.54, 1.807) is 0 Å². The predicted octanol–water partition coefficient (Wildman–Crippen LogP) is 12.8. The van der Waals surface area contributed by atoms with Gasteiger partial charge in [0, 0.05) is 13.1 Å². The number of benzene rings is 4. The van der Waals surface area contributed by atoms with Crippen LogP contribution in [0.25, 0.3) is 0 Å². The first kappa shape index (κ1) is 62.0. The molecular weight excluding hydrogens is 977 g/mol. The van der Waals surface area contributed by atoms with Gasteiger partial charge in [-0.15, -0.1) is 0 Å². The van der Waals surface area contributed by atoms with E-state index in [2.05, 4.69) is 153 Å². The second kappa shape index (κ2) is 29.4. The van der Waals surface area contributed by atoms with Crippen molar-refractivity contribution in [2.75, 3.05) is 92.8 Å². The number of carbonyl (C=O) groups is 4. The zero-order valence-corrected chi connectivity index (χ0v) is 50.3. The molecular formula is C70H100N4O5. The van der Waals surface area contributed by atoms with Crippen molar-refractivity contribution in [3.63, 3.8) is 0 Å². The van der Waals surface area contributed by atoms with Crippen LogP contribution in [0.5, 0.6) is 0 Å². The van der Waals surface area contributed by atoms with E-state index in [9.17, 15) is 19.2 Å². The van der Waals surface area contributed by atoms with Crippen molar-refractivity contribution in [3.8, 4) is 0 Å². The van der Waals surface area contributed by atoms with Gasteiger partial charge < -0.3 is 9.64 Å². The number of ether oxygens (including phenoxy) is 1. The number of morpholine rings is 1. The first-order valence-electron chi connectivity index (χ1n) is 30.9. The molecule has 0 spiro atoms. The number of Topliss-reactive ketones (excluding diaryl/α,β-unsaturated/α-hetero) is 4. The Kier molecular flexibility index (Phi) is 23.0. The van der Waals surface area contributed by atoms with Gasteiger partial charge in [0.05, 0.1) is 61.1 Å². The Morgan fingerprint density at radius 1 is 0.392 bits per heavy atom. The summed E-state index contributed by atoms with van der Waals surface area (Å²) < 4.78 is 5.38. The van der Waals surface area contributed by atoms with Crippen LogP contribution in [0.2, 0.25) is 0 Å². The maximum atomic E-state index is 13.0. The molecule has 79 heavy (non-hydrogen) atoms. The monoisotopic (exact) mass is 1080 g/mol. The van der Waals surface area contributed by atoms with Crippen LogP contribution in [-0.2, 0) is 45.6 Å². The van der Waals surface area contributed by atoms with Crippen molar-refractivity contribution in [1.82, 2.24) is 19.6 Å². The van der Waals surface area contributed by atoms with Crippen LogP contribution in [0.15, 0.2) is 97.1 Å². The Labute approximate surface area is 477 Å². The summed E-state index contributed by atoms with van der Waals surface area (Å²) in [5.41, 5.74) is 9.15. The SMILES string of the molecule is CCN(CC)CC(=O)C1(c2ccc(C)cc2)CCCC1.Cc1ccc(C2(C(=O)CN(C)C)CCCC2)cc1.Cc1ccc(C2(C(=O)CN3CCCC3)CCCC2)cc1.Cc1ccc(C2(C(=O)CN3CCOCC3)CCCC2)cc1. The molecule has 2 aliphatic heterocycles. The van der Waals surface area contributed by atoms with Crippen LogP contribution in [-0.4, -0.2) is 135 Å². The molecule has 2 saturated heterocycles. The molecule has 4 aromatic carbocycles. The molecule has 0 bridgehead atoms. The first-order chi connectivity index (χ1) is 38.1.